The maximum Gasteiger partial charge on any atom is 0.253 e. The van der Waals surface area contributed by atoms with Gasteiger partial charge >= 0.3 is 0 Å². The first-order valence-electron chi connectivity index (χ1n) is 8.49. The van der Waals surface area contributed by atoms with E-state index in [2.05, 4.69) is 0 Å². The summed E-state index contributed by atoms with van der Waals surface area (Å²) in [6.45, 7) is 4.02. The second-order valence-corrected chi connectivity index (χ2v) is 8.92. The maximum atomic E-state index is 12.3. The highest BCUT2D eigenvalue weighted by molar-refractivity contribution is 7.91. The van der Waals surface area contributed by atoms with Crippen molar-refractivity contribution in [2.75, 3.05) is 12.4 Å². The number of aromatic nitrogens is 1. The van der Waals surface area contributed by atoms with E-state index >= 15 is 0 Å². The van der Waals surface area contributed by atoms with Crippen LogP contribution in [-0.2, 0) is 16.9 Å². The Bertz CT molecular complexity index is 930. The zero-order chi connectivity index (χ0) is 18.2. The van der Waals surface area contributed by atoms with Crippen molar-refractivity contribution in [1.82, 2.24) is 4.57 Å². The predicted octanol–water partition coefficient (Wildman–Crippen LogP) is 2.94. The van der Waals surface area contributed by atoms with Crippen LogP contribution in [0.25, 0.3) is 11.1 Å². The number of benzene rings is 1. The van der Waals surface area contributed by atoms with E-state index in [1.54, 1.807) is 51.4 Å². The topological polar surface area (TPSA) is 65.4 Å². The van der Waals surface area contributed by atoms with Gasteiger partial charge in [0, 0.05) is 29.9 Å². The van der Waals surface area contributed by atoms with Gasteiger partial charge in [-0.25, -0.2) is 8.42 Å². The fourth-order valence-corrected chi connectivity index (χ4v) is 3.64. The second kappa shape index (κ2) is 6.67. The number of ether oxygens (including phenoxy) is 1. The van der Waals surface area contributed by atoms with Crippen LogP contribution >= 0.6 is 0 Å². The Morgan fingerprint density at radius 1 is 1.24 bits per heavy atom. The SMILES string of the molecule is CCS(=O)(=O)c1ccc(OCC2CC2)c(-c2cc(C)c(=O)n(C)c2)c1. The summed E-state index contributed by atoms with van der Waals surface area (Å²) < 4.78 is 32.0. The van der Waals surface area contributed by atoms with Crippen LogP contribution in [0.2, 0.25) is 0 Å². The minimum Gasteiger partial charge on any atom is -0.493 e. The first-order chi connectivity index (χ1) is 11.8. The van der Waals surface area contributed by atoms with Crippen LogP contribution in [0.4, 0.5) is 0 Å². The maximum absolute atomic E-state index is 12.3. The van der Waals surface area contributed by atoms with Gasteiger partial charge in [0.15, 0.2) is 9.84 Å². The molecule has 3 rings (SSSR count). The van der Waals surface area contributed by atoms with Crippen molar-refractivity contribution in [2.24, 2.45) is 13.0 Å². The van der Waals surface area contributed by atoms with E-state index in [1.165, 1.54) is 17.4 Å². The quantitative estimate of drug-likeness (QED) is 0.793. The predicted molar refractivity (Wildman–Crippen MR) is 97.8 cm³/mol. The van der Waals surface area contributed by atoms with Gasteiger partial charge in [0.25, 0.3) is 5.56 Å². The molecule has 1 saturated carbocycles. The highest BCUT2D eigenvalue weighted by Crippen LogP contribution is 2.35. The number of pyridine rings is 1. The monoisotopic (exact) mass is 361 g/mol. The standard InChI is InChI=1S/C19H23NO4S/c1-4-25(22,23)16-7-8-18(24-12-14-5-6-14)17(10-16)15-9-13(2)19(21)20(3)11-15/h7-11,14H,4-6,12H2,1-3H3. The Balaban J connectivity index is 2.12. The van der Waals surface area contributed by atoms with E-state index in [9.17, 15) is 13.2 Å². The van der Waals surface area contributed by atoms with Gasteiger partial charge in [0.2, 0.25) is 0 Å². The molecule has 25 heavy (non-hydrogen) atoms. The summed E-state index contributed by atoms with van der Waals surface area (Å²) in [4.78, 5) is 12.2. The van der Waals surface area contributed by atoms with Crippen molar-refractivity contribution in [3.63, 3.8) is 0 Å². The first-order valence-corrected chi connectivity index (χ1v) is 10.1. The molecule has 0 bridgehead atoms. The third-order valence-electron chi connectivity index (χ3n) is 4.54. The number of sulfone groups is 1. The lowest BCUT2D eigenvalue weighted by Crippen LogP contribution is -2.18. The largest absolute Gasteiger partial charge is 0.493 e. The van der Waals surface area contributed by atoms with Gasteiger partial charge in [-0.3, -0.25) is 4.79 Å². The van der Waals surface area contributed by atoms with Gasteiger partial charge in [-0.15, -0.1) is 0 Å². The molecule has 1 heterocycles. The first kappa shape index (κ1) is 17.7. The summed E-state index contributed by atoms with van der Waals surface area (Å²) in [5.74, 6) is 1.29. The molecule has 0 aliphatic heterocycles. The molecule has 1 aromatic carbocycles. The van der Waals surface area contributed by atoms with Crippen LogP contribution in [-0.4, -0.2) is 25.3 Å². The summed E-state index contributed by atoms with van der Waals surface area (Å²) >= 11 is 0. The average Bonchev–Trinajstić information content (AvgIpc) is 3.41. The number of rotatable bonds is 6. The van der Waals surface area contributed by atoms with Crippen LogP contribution in [0.15, 0.2) is 40.2 Å². The van der Waals surface area contributed by atoms with Gasteiger partial charge in [0.1, 0.15) is 5.75 Å². The van der Waals surface area contributed by atoms with Crippen molar-refractivity contribution < 1.29 is 13.2 Å². The molecule has 1 aliphatic rings. The zero-order valence-corrected chi connectivity index (χ0v) is 15.6. The number of hydrogen-bond acceptors (Lipinski definition) is 4. The van der Waals surface area contributed by atoms with E-state index < -0.39 is 9.84 Å². The third-order valence-corrected chi connectivity index (χ3v) is 6.27. The summed E-state index contributed by atoms with van der Waals surface area (Å²) in [6, 6.07) is 6.75. The molecule has 1 aromatic heterocycles. The Hall–Kier alpha value is -2.08. The van der Waals surface area contributed by atoms with E-state index in [0.717, 1.165) is 5.56 Å². The zero-order valence-electron chi connectivity index (χ0n) is 14.8. The minimum absolute atomic E-state index is 0.0427. The molecule has 5 nitrogen and oxygen atoms in total. The summed E-state index contributed by atoms with van der Waals surface area (Å²) in [7, 11) is -1.63. The van der Waals surface area contributed by atoms with Crippen LogP contribution in [0.1, 0.15) is 25.3 Å². The van der Waals surface area contributed by atoms with Crippen molar-refractivity contribution in [3.05, 3.63) is 46.4 Å². The smallest absolute Gasteiger partial charge is 0.253 e. The van der Waals surface area contributed by atoms with Crippen molar-refractivity contribution >= 4 is 9.84 Å². The van der Waals surface area contributed by atoms with Crippen molar-refractivity contribution in [1.29, 1.82) is 0 Å². The minimum atomic E-state index is -3.32. The molecule has 0 spiro atoms. The summed E-state index contributed by atoms with van der Waals surface area (Å²) in [5.41, 5.74) is 2.02. The Morgan fingerprint density at radius 3 is 2.56 bits per heavy atom. The summed E-state index contributed by atoms with van der Waals surface area (Å²) in [6.07, 6.45) is 4.07. The lowest BCUT2D eigenvalue weighted by Gasteiger charge is -2.14. The molecule has 1 fully saturated rings. The summed E-state index contributed by atoms with van der Waals surface area (Å²) in [5, 5.41) is 0. The van der Waals surface area contributed by atoms with Crippen LogP contribution < -0.4 is 10.3 Å². The second-order valence-electron chi connectivity index (χ2n) is 6.64. The number of aryl methyl sites for hydroxylation is 2. The van der Waals surface area contributed by atoms with Gasteiger partial charge in [-0.1, -0.05) is 6.92 Å². The van der Waals surface area contributed by atoms with Crippen molar-refractivity contribution in [3.8, 4) is 16.9 Å². The van der Waals surface area contributed by atoms with E-state index in [0.29, 0.717) is 29.4 Å². The molecule has 0 amide bonds. The lowest BCUT2D eigenvalue weighted by atomic mass is 10.0. The van der Waals surface area contributed by atoms with Gasteiger partial charge in [-0.05, 0) is 49.9 Å². The molecular formula is C19H23NO4S. The third kappa shape index (κ3) is 3.79. The molecular weight excluding hydrogens is 338 g/mol. The van der Waals surface area contributed by atoms with Crippen LogP contribution in [0, 0.1) is 12.8 Å². The molecule has 0 unspecified atom stereocenters. The number of hydrogen-bond donors (Lipinski definition) is 0. The fraction of sp³-hybridized carbons (Fsp3) is 0.421. The van der Waals surface area contributed by atoms with E-state index in [4.69, 9.17) is 4.74 Å². The fourth-order valence-electron chi connectivity index (χ4n) is 2.74. The van der Waals surface area contributed by atoms with E-state index in [1.807, 2.05) is 0 Å². The molecule has 134 valence electrons. The average molecular weight is 361 g/mol. The van der Waals surface area contributed by atoms with Crippen LogP contribution in [0.5, 0.6) is 5.75 Å². The number of nitrogens with zero attached hydrogens (tertiary/aromatic N) is 1. The van der Waals surface area contributed by atoms with Crippen molar-refractivity contribution in [2.45, 2.75) is 31.6 Å². The Labute approximate surface area is 148 Å². The molecule has 1 aliphatic carbocycles. The van der Waals surface area contributed by atoms with Gasteiger partial charge in [0.05, 0.1) is 17.3 Å². The van der Waals surface area contributed by atoms with E-state index in [-0.39, 0.29) is 16.2 Å². The lowest BCUT2D eigenvalue weighted by molar-refractivity contribution is 0.301. The van der Waals surface area contributed by atoms with Gasteiger partial charge in [-0.2, -0.15) is 0 Å². The van der Waals surface area contributed by atoms with Gasteiger partial charge < -0.3 is 9.30 Å². The Morgan fingerprint density at radius 2 is 1.96 bits per heavy atom. The molecule has 0 saturated heterocycles. The molecule has 6 heteroatoms. The molecule has 0 radical (unpaired) electrons. The molecule has 2 aromatic rings. The highest BCUT2D eigenvalue weighted by atomic mass is 32.2. The normalized spacial score (nSPS) is 14.5. The Kier molecular flexibility index (Phi) is 4.73. The van der Waals surface area contributed by atoms with Crippen LogP contribution in [0.3, 0.4) is 0 Å². The highest BCUT2D eigenvalue weighted by Gasteiger charge is 2.23. The molecule has 0 atom stereocenters. The molecule has 0 N–H and O–H groups in total.